The molecule has 0 aromatic heterocycles. The molecule has 0 radical (unpaired) electrons. The molecule has 0 atom stereocenters. The molecule has 0 amide bonds. The standard InChI is InChI=1S/2C5H7F3O/c2*6-5(7,8)3-1-4(9)2-3/h2*3-4,9H,1-2H2. The van der Waals surface area contributed by atoms with E-state index in [0.717, 1.165) is 0 Å². The van der Waals surface area contributed by atoms with Crippen LogP contribution in [0.4, 0.5) is 26.3 Å². The molecule has 0 bridgehead atoms. The van der Waals surface area contributed by atoms with Crippen molar-refractivity contribution in [3.63, 3.8) is 0 Å². The van der Waals surface area contributed by atoms with Gasteiger partial charge in [-0.05, 0) is 25.7 Å². The minimum absolute atomic E-state index is 0.108. The van der Waals surface area contributed by atoms with E-state index in [-0.39, 0.29) is 25.7 Å². The maximum Gasteiger partial charge on any atom is 0.392 e. The monoisotopic (exact) mass is 280 g/mol. The summed E-state index contributed by atoms with van der Waals surface area (Å²) in [7, 11) is 0. The van der Waals surface area contributed by atoms with Gasteiger partial charge in [0.15, 0.2) is 0 Å². The zero-order valence-electron chi connectivity index (χ0n) is 9.30. The second-order valence-electron chi connectivity index (χ2n) is 4.73. The Morgan fingerprint density at radius 3 is 0.889 bits per heavy atom. The average molecular weight is 280 g/mol. The van der Waals surface area contributed by atoms with Gasteiger partial charge in [-0.3, -0.25) is 0 Å². The normalized spacial score (nSPS) is 36.0. The molecule has 2 nitrogen and oxygen atoms in total. The number of aliphatic hydroxyl groups excluding tert-OH is 2. The minimum Gasteiger partial charge on any atom is -0.393 e. The fraction of sp³-hybridized carbons (Fsp3) is 1.00. The Hall–Kier alpha value is -0.500. The van der Waals surface area contributed by atoms with E-state index in [1.54, 1.807) is 0 Å². The molecule has 2 N–H and O–H groups in total. The molecule has 108 valence electrons. The van der Waals surface area contributed by atoms with Crippen molar-refractivity contribution in [2.75, 3.05) is 0 Å². The van der Waals surface area contributed by atoms with Crippen LogP contribution in [-0.4, -0.2) is 34.8 Å². The summed E-state index contributed by atoms with van der Waals surface area (Å²) in [5, 5.41) is 17.0. The van der Waals surface area contributed by atoms with Crippen LogP contribution in [0.2, 0.25) is 0 Å². The molecule has 0 aromatic rings. The fourth-order valence-electron chi connectivity index (χ4n) is 1.71. The van der Waals surface area contributed by atoms with Crippen LogP contribution < -0.4 is 0 Å². The molecule has 0 saturated heterocycles. The van der Waals surface area contributed by atoms with Crippen LogP contribution >= 0.6 is 0 Å². The molecule has 8 heteroatoms. The summed E-state index contributed by atoms with van der Waals surface area (Å²) in [5.74, 6) is -2.49. The zero-order chi connectivity index (χ0) is 14.1. The summed E-state index contributed by atoms with van der Waals surface area (Å²) in [6.45, 7) is 0. The molecule has 0 unspecified atom stereocenters. The van der Waals surface area contributed by atoms with Crippen LogP contribution in [0.25, 0.3) is 0 Å². The van der Waals surface area contributed by atoms with Gasteiger partial charge < -0.3 is 10.2 Å². The molecular weight excluding hydrogens is 266 g/mol. The molecule has 2 aliphatic rings. The van der Waals surface area contributed by atoms with Gasteiger partial charge in [-0.2, -0.15) is 26.3 Å². The summed E-state index contributed by atoms with van der Waals surface area (Å²) in [6.07, 6.45) is -10.0. The first-order valence-corrected chi connectivity index (χ1v) is 5.49. The van der Waals surface area contributed by atoms with Crippen molar-refractivity contribution < 1.29 is 36.6 Å². The third-order valence-electron chi connectivity index (χ3n) is 3.15. The predicted octanol–water partition coefficient (Wildman–Crippen LogP) is 2.64. The van der Waals surface area contributed by atoms with Crippen molar-refractivity contribution in [2.24, 2.45) is 11.8 Å². The topological polar surface area (TPSA) is 40.5 Å². The summed E-state index contributed by atoms with van der Waals surface area (Å²) in [6, 6.07) is 0. The van der Waals surface area contributed by atoms with Gasteiger partial charge in [-0.15, -0.1) is 0 Å². The maximum atomic E-state index is 11.6. The van der Waals surface area contributed by atoms with Crippen molar-refractivity contribution in [1.82, 2.24) is 0 Å². The van der Waals surface area contributed by atoms with Crippen LogP contribution in [0.15, 0.2) is 0 Å². The fourth-order valence-corrected chi connectivity index (χ4v) is 1.71. The SMILES string of the molecule is OC1CC(C(F)(F)F)C1.OC1CC(C(F)(F)F)C1. The highest BCUT2D eigenvalue weighted by Gasteiger charge is 2.47. The number of alkyl halides is 6. The van der Waals surface area contributed by atoms with Crippen LogP contribution in [0, 0.1) is 11.8 Å². The maximum absolute atomic E-state index is 11.6. The van der Waals surface area contributed by atoms with Crippen LogP contribution in [0.1, 0.15) is 25.7 Å². The lowest BCUT2D eigenvalue weighted by molar-refractivity contribution is -0.213. The third kappa shape index (κ3) is 4.31. The highest BCUT2D eigenvalue weighted by atomic mass is 19.4. The summed E-state index contributed by atoms with van der Waals surface area (Å²) in [5.41, 5.74) is 0. The van der Waals surface area contributed by atoms with E-state index >= 15 is 0 Å². The van der Waals surface area contributed by atoms with Gasteiger partial charge in [-0.1, -0.05) is 0 Å². The molecule has 2 aliphatic carbocycles. The number of rotatable bonds is 0. The first-order valence-electron chi connectivity index (χ1n) is 5.49. The summed E-state index contributed by atoms with van der Waals surface area (Å²) < 4.78 is 69.4. The van der Waals surface area contributed by atoms with Gasteiger partial charge in [0.25, 0.3) is 0 Å². The van der Waals surface area contributed by atoms with Gasteiger partial charge in [0.05, 0.1) is 24.0 Å². The van der Waals surface area contributed by atoms with E-state index in [2.05, 4.69) is 0 Å². The molecular formula is C10H14F6O2. The van der Waals surface area contributed by atoms with Gasteiger partial charge in [0.1, 0.15) is 0 Å². The van der Waals surface area contributed by atoms with Crippen molar-refractivity contribution in [1.29, 1.82) is 0 Å². The van der Waals surface area contributed by atoms with Gasteiger partial charge in [0.2, 0.25) is 0 Å². The highest BCUT2D eigenvalue weighted by Crippen LogP contribution is 2.41. The Morgan fingerprint density at radius 2 is 0.833 bits per heavy atom. The summed E-state index contributed by atoms with van der Waals surface area (Å²) in [4.78, 5) is 0. The van der Waals surface area contributed by atoms with E-state index in [4.69, 9.17) is 10.2 Å². The highest BCUT2D eigenvalue weighted by molar-refractivity contribution is 4.84. The number of hydrogen-bond donors (Lipinski definition) is 2. The van der Waals surface area contributed by atoms with Gasteiger partial charge in [0, 0.05) is 0 Å². The molecule has 0 aliphatic heterocycles. The van der Waals surface area contributed by atoms with Crippen molar-refractivity contribution in [3.05, 3.63) is 0 Å². The largest absolute Gasteiger partial charge is 0.393 e. The average Bonchev–Trinajstić information content (AvgIpc) is 2.05. The van der Waals surface area contributed by atoms with Crippen molar-refractivity contribution in [2.45, 2.75) is 50.2 Å². The molecule has 2 rings (SSSR count). The quantitative estimate of drug-likeness (QED) is 0.670. The van der Waals surface area contributed by atoms with Crippen LogP contribution in [0.5, 0.6) is 0 Å². The lowest BCUT2D eigenvalue weighted by Crippen LogP contribution is -2.38. The molecule has 2 fully saturated rings. The van der Waals surface area contributed by atoms with Crippen molar-refractivity contribution in [3.8, 4) is 0 Å². The third-order valence-corrected chi connectivity index (χ3v) is 3.15. The van der Waals surface area contributed by atoms with Crippen LogP contribution in [0.3, 0.4) is 0 Å². The number of halogens is 6. The lowest BCUT2D eigenvalue weighted by Gasteiger charge is -2.32. The van der Waals surface area contributed by atoms with E-state index in [0.29, 0.717) is 0 Å². The Balaban J connectivity index is 0.000000180. The Labute approximate surface area is 99.6 Å². The molecule has 2 saturated carbocycles. The molecule has 0 heterocycles. The number of aliphatic hydroxyl groups is 2. The van der Waals surface area contributed by atoms with Crippen LogP contribution in [-0.2, 0) is 0 Å². The van der Waals surface area contributed by atoms with E-state index in [1.807, 2.05) is 0 Å². The van der Waals surface area contributed by atoms with Gasteiger partial charge in [-0.25, -0.2) is 0 Å². The number of hydrogen-bond acceptors (Lipinski definition) is 2. The second kappa shape index (κ2) is 5.24. The Morgan fingerprint density at radius 1 is 0.611 bits per heavy atom. The zero-order valence-corrected chi connectivity index (χ0v) is 9.30. The predicted molar refractivity (Wildman–Crippen MR) is 49.6 cm³/mol. The Kier molecular flexibility index (Phi) is 4.53. The van der Waals surface area contributed by atoms with Gasteiger partial charge >= 0.3 is 12.4 Å². The molecule has 0 aromatic carbocycles. The summed E-state index contributed by atoms with van der Waals surface area (Å²) >= 11 is 0. The first kappa shape index (κ1) is 15.6. The van der Waals surface area contributed by atoms with Crippen molar-refractivity contribution >= 4 is 0 Å². The second-order valence-corrected chi connectivity index (χ2v) is 4.73. The smallest absolute Gasteiger partial charge is 0.392 e. The van der Waals surface area contributed by atoms with E-state index in [9.17, 15) is 26.3 Å². The first-order chi connectivity index (χ1) is 8.00. The van der Waals surface area contributed by atoms with E-state index in [1.165, 1.54) is 0 Å². The Bertz CT molecular complexity index is 235. The lowest BCUT2D eigenvalue weighted by atomic mass is 9.82. The molecule has 18 heavy (non-hydrogen) atoms. The molecule has 0 spiro atoms. The van der Waals surface area contributed by atoms with E-state index < -0.39 is 36.4 Å². The minimum atomic E-state index is -4.08.